The normalized spacial score (nSPS) is 17.9. The van der Waals surface area contributed by atoms with Crippen molar-refractivity contribution in [1.82, 2.24) is 14.8 Å². The van der Waals surface area contributed by atoms with Gasteiger partial charge in [0.2, 0.25) is 0 Å². The van der Waals surface area contributed by atoms with Crippen LogP contribution in [0.2, 0.25) is 0 Å². The summed E-state index contributed by atoms with van der Waals surface area (Å²) in [7, 11) is 0. The summed E-state index contributed by atoms with van der Waals surface area (Å²) in [4.78, 5) is 22.5. The van der Waals surface area contributed by atoms with Crippen molar-refractivity contribution in [2.75, 3.05) is 13.1 Å². The molecule has 1 aliphatic carbocycles. The summed E-state index contributed by atoms with van der Waals surface area (Å²) < 4.78 is 14.2. The van der Waals surface area contributed by atoms with Crippen molar-refractivity contribution in [3.05, 3.63) is 102 Å². The first-order valence-electron chi connectivity index (χ1n) is 12.4. The first kappa shape index (κ1) is 22.7. The molecule has 2 aromatic carbocycles. The molecule has 0 spiro atoms. The SMILES string of the molecule is O=C(c1ccccn1)N(C1CC1)[C@@H](Cc1ccccc1)C1CCN(Cc2ccccc2F)CC1. The summed E-state index contributed by atoms with van der Waals surface area (Å²) in [5.41, 5.74) is 2.55. The van der Waals surface area contributed by atoms with Gasteiger partial charge in [0.15, 0.2) is 0 Å². The molecule has 176 valence electrons. The largest absolute Gasteiger partial charge is 0.331 e. The van der Waals surface area contributed by atoms with Gasteiger partial charge in [0, 0.05) is 30.4 Å². The number of nitrogens with zero attached hydrogens (tertiary/aromatic N) is 3. The number of pyridine rings is 1. The van der Waals surface area contributed by atoms with E-state index in [9.17, 15) is 9.18 Å². The van der Waals surface area contributed by atoms with Crippen molar-refractivity contribution in [3.8, 4) is 0 Å². The van der Waals surface area contributed by atoms with Crippen LogP contribution in [0.15, 0.2) is 79.0 Å². The number of hydrogen-bond acceptors (Lipinski definition) is 3. The minimum Gasteiger partial charge on any atom is -0.331 e. The van der Waals surface area contributed by atoms with E-state index in [0.29, 0.717) is 24.2 Å². The molecule has 0 bridgehead atoms. The van der Waals surface area contributed by atoms with Crippen molar-refractivity contribution < 1.29 is 9.18 Å². The highest BCUT2D eigenvalue weighted by atomic mass is 19.1. The summed E-state index contributed by atoms with van der Waals surface area (Å²) in [5, 5.41) is 0. The minimum atomic E-state index is -0.132. The Morgan fingerprint density at radius 2 is 1.65 bits per heavy atom. The third-order valence-electron chi connectivity index (χ3n) is 7.23. The predicted octanol–water partition coefficient (Wildman–Crippen LogP) is 5.35. The number of hydrogen-bond donors (Lipinski definition) is 0. The molecule has 1 atom stereocenters. The third-order valence-corrected chi connectivity index (χ3v) is 7.23. The van der Waals surface area contributed by atoms with Crippen molar-refractivity contribution >= 4 is 5.91 Å². The number of benzene rings is 2. The zero-order valence-corrected chi connectivity index (χ0v) is 19.5. The van der Waals surface area contributed by atoms with E-state index in [1.807, 2.05) is 36.4 Å². The zero-order chi connectivity index (χ0) is 23.3. The summed E-state index contributed by atoms with van der Waals surface area (Å²) in [6.45, 7) is 2.48. The maximum atomic E-state index is 14.2. The highest BCUT2D eigenvalue weighted by Gasteiger charge is 2.42. The number of likely N-dealkylation sites (tertiary alicyclic amines) is 1. The smallest absolute Gasteiger partial charge is 0.272 e. The lowest BCUT2D eigenvalue weighted by Gasteiger charge is -2.42. The molecule has 0 radical (unpaired) electrons. The molecule has 2 aliphatic rings. The number of halogens is 1. The molecule has 2 fully saturated rings. The fourth-order valence-electron chi connectivity index (χ4n) is 5.27. The average molecular weight is 458 g/mol. The van der Waals surface area contributed by atoms with Gasteiger partial charge in [-0.05, 0) is 74.9 Å². The van der Waals surface area contributed by atoms with Crippen LogP contribution in [0.1, 0.15) is 47.3 Å². The first-order chi connectivity index (χ1) is 16.7. The van der Waals surface area contributed by atoms with Crippen LogP contribution < -0.4 is 0 Å². The molecule has 1 saturated heterocycles. The number of carbonyl (C=O) groups excluding carboxylic acids is 1. The van der Waals surface area contributed by atoms with Crippen LogP contribution in [0, 0.1) is 11.7 Å². The van der Waals surface area contributed by atoms with Crippen molar-refractivity contribution in [3.63, 3.8) is 0 Å². The van der Waals surface area contributed by atoms with Crippen LogP contribution in [0.3, 0.4) is 0 Å². The molecule has 3 aromatic rings. The van der Waals surface area contributed by atoms with Gasteiger partial charge in [0.25, 0.3) is 5.91 Å². The molecule has 1 saturated carbocycles. The molecular formula is C29H32FN3O. The quantitative estimate of drug-likeness (QED) is 0.458. The van der Waals surface area contributed by atoms with E-state index in [2.05, 4.69) is 39.0 Å². The lowest BCUT2D eigenvalue weighted by molar-refractivity contribution is 0.0476. The highest BCUT2D eigenvalue weighted by Crippen LogP contribution is 2.36. The van der Waals surface area contributed by atoms with E-state index in [0.717, 1.165) is 50.8 Å². The second-order valence-electron chi connectivity index (χ2n) is 9.62. The Labute approximate surface area is 201 Å². The molecular weight excluding hydrogens is 425 g/mol. The fraction of sp³-hybridized carbons (Fsp3) is 0.379. The van der Waals surface area contributed by atoms with Gasteiger partial charge in [-0.25, -0.2) is 4.39 Å². The molecule has 2 heterocycles. The fourth-order valence-corrected chi connectivity index (χ4v) is 5.27. The molecule has 4 nitrogen and oxygen atoms in total. The molecule has 34 heavy (non-hydrogen) atoms. The Kier molecular flexibility index (Phi) is 7.00. The van der Waals surface area contributed by atoms with Gasteiger partial charge in [-0.3, -0.25) is 14.7 Å². The van der Waals surface area contributed by atoms with Crippen LogP contribution in [-0.4, -0.2) is 45.9 Å². The van der Waals surface area contributed by atoms with Gasteiger partial charge in [-0.1, -0.05) is 54.6 Å². The van der Waals surface area contributed by atoms with E-state index in [4.69, 9.17) is 0 Å². The molecule has 1 aromatic heterocycles. The average Bonchev–Trinajstić information content (AvgIpc) is 3.72. The van der Waals surface area contributed by atoms with E-state index >= 15 is 0 Å². The number of rotatable bonds is 8. The van der Waals surface area contributed by atoms with Crippen LogP contribution >= 0.6 is 0 Å². The molecule has 0 unspecified atom stereocenters. The molecule has 5 heteroatoms. The lowest BCUT2D eigenvalue weighted by atomic mass is 9.84. The van der Waals surface area contributed by atoms with Gasteiger partial charge < -0.3 is 4.90 Å². The van der Waals surface area contributed by atoms with E-state index in [-0.39, 0.29) is 17.8 Å². The summed E-state index contributed by atoms with van der Waals surface area (Å²) in [6.07, 6.45) is 6.70. The monoisotopic (exact) mass is 457 g/mol. The molecule has 1 amide bonds. The Balaban J connectivity index is 1.35. The lowest BCUT2D eigenvalue weighted by Crippen LogP contribution is -2.50. The Bertz CT molecular complexity index is 1080. The van der Waals surface area contributed by atoms with Gasteiger partial charge in [-0.15, -0.1) is 0 Å². The van der Waals surface area contributed by atoms with E-state index in [1.165, 1.54) is 11.6 Å². The summed E-state index contributed by atoms with van der Waals surface area (Å²) in [6, 6.07) is 23.6. The maximum absolute atomic E-state index is 14.2. The Morgan fingerprint density at radius 1 is 0.941 bits per heavy atom. The predicted molar refractivity (Wildman–Crippen MR) is 132 cm³/mol. The molecule has 1 aliphatic heterocycles. The van der Waals surface area contributed by atoms with E-state index < -0.39 is 0 Å². The van der Waals surface area contributed by atoms with Gasteiger partial charge >= 0.3 is 0 Å². The van der Waals surface area contributed by atoms with Gasteiger partial charge in [-0.2, -0.15) is 0 Å². The number of aromatic nitrogens is 1. The zero-order valence-electron chi connectivity index (χ0n) is 19.5. The first-order valence-corrected chi connectivity index (χ1v) is 12.4. The second kappa shape index (κ2) is 10.5. The van der Waals surface area contributed by atoms with Crippen LogP contribution in [-0.2, 0) is 13.0 Å². The van der Waals surface area contributed by atoms with Gasteiger partial charge in [0.05, 0.1) is 0 Å². The third kappa shape index (κ3) is 5.36. The van der Waals surface area contributed by atoms with Crippen LogP contribution in [0.4, 0.5) is 4.39 Å². The van der Waals surface area contributed by atoms with Crippen molar-refractivity contribution in [2.24, 2.45) is 5.92 Å². The Hall–Kier alpha value is -3.05. The number of amides is 1. The van der Waals surface area contributed by atoms with Crippen LogP contribution in [0.25, 0.3) is 0 Å². The maximum Gasteiger partial charge on any atom is 0.272 e. The Morgan fingerprint density at radius 3 is 2.32 bits per heavy atom. The number of piperidine rings is 1. The van der Waals surface area contributed by atoms with Crippen LogP contribution in [0.5, 0.6) is 0 Å². The summed E-state index contributed by atoms with van der Waals surface area (Å²) >= 11 is 0. The minimum absolute atomic E-state index is 0.0535. The molecule has 0 N–H and O–H groups in total. The molecule has 5 rings (SSSR count). The van der Waals surface area contributed by atoms with Gasteiger partial charge in [0.1, 0.15) is 11.5 Å². The standard InChI is InChI=1S/C29H32FN3O/c30-26-11-5-4-10-24(26)21-32-18-15-23(16-19-32)28(20-22-8-2-1-3-9-22)33(25-13-14-25)29(34)27-12-6-7-17-31-27/h1-12,17,23,25,28H,13-16,18-21H2/t28-/m0/s1. The highest BCUT2D eigenvalue weighted by molar-refractivity contribution is 5.93. The topological polar surface area (TPSA) is 36.4 Å². The van der Waals surface area contributed by atoms with Crippen molar-refractivity contribution in [2.45, 2.75) is 50.7 Å². The van der Waals surface area contributed by atoms with Crippen molar-refractivity contribution in [1.29, 1.82) is 0 Å². The summed E-state index contributed by atoms with van der Waals surface area (Å²) in [5.74, 6) is 0.329. The second-order valence-corrected chi connectivity index (χ2v) is 9.62. The number of carbonyl (C=O) groups is 1. The van der Waals surface area contributed by atoms with E-state index in [1.54, 1.807) is 12.3 Å².